The molecule has 0 aliphatic carbocycles. The molecule has 2 heterocycles. The first-order valence-corrected chi connectivity index (χ1v) is 13.6. The lowest BCUT2D eigenvalue weighted by Crippen LogP contribution is -2.48. The highest BCUT2D eigenvalue weighted by molar-refractivity contribution is 7.52. The van der Waals surface area contributed by atoms with Crippen molar-refractivity contribution in [1.29, 1.82) is 0 Å². The Labute approximate surface area is 230 Å². The van der Waals surface area contributed by atoms with Crippen molar-refractivity contribution in [3.63, 3.8) is 0 Å². The molecular weight excluding hydrogens is 549 g/mol. The van der Waals surface area contributed by atoms with E-state index in [4.69, 9.17) is 29.0 Å². The van der Waals surface area contributed by atoms with Crippen molar-refractivity contribution in [2.45, 2.75) is 51.4 Å². The number of carbonyl (C=O) groups is 4. The molecule has 3 rings (SSSR count). The molecule has 216 valence electrons. The number of benzene rings is 1. The highest BCUT2D eigenvalue weighted by atomic mass is 31.2. The van der Waals surface area contributed by atoms with E-state index >= 15 is 0 Å². The van der Waals surface area contributed by atoms with Crippen molar-refractivity contribution in [3.05, 3.63) is 60.4 Å². The van der Waals surface area contributed by atoms with Crippen molar-refractivity contribution in [1.82, 2.24) is 5.09 Å². The van der Waals surface area contributed by atoms with Crippen LogP contribution in [0.2, 0.25) is 0 Å². The average molecular weight is 581 g/mol. The van der Waals surface area contributed by atoms with Crippen LogP contribution >= 0.6 is 7.75 Å². The first-order valence-electron chi connectivity index (χ1n) is 12.1. The standard InChI is InChI=1S/C25H30N3O11P/c1-15(25(32)34-4)27-40(33,39-19-10-6-5-7-11-19)35-14-20-21(36-16(2)29)22(37-17(3)30)24(38-20)28-12-8-9-18(13-28)23(26)31/h5-13,15,20-22,24H,14H2,1-4H3,(H2-,26,27,31,33)/p+1/t15-,20+,21+,22+,24+,40?/m0/s1. The second-order valence-corrected chi connectivity index (χ2v) is 10.4. The van der Waals surface area contributed by atoms with Gasteiger partial charge in [-0.25, -0.2) is 4.57 Å². The number of aromatic nitrogens is 1. The van der Waals surface area contributed by atoms with Gasteiger partial charge in [0.2, 0.25) is 6.10 Å². The maximum absolute atomic E-state index is 13.8. The molecular formula is C25H31N3O11P+. The molecule has 6 atom stereocenters. The summed E-state index contributed by atoms with van der Waals surface area (Å²) in [5.74, 6) is -2.67. The molecule has 1 aromatic carbocycles. The summed E-state index contributed by atoms with van der Waals surface area (Å²) in [5, 5.41) is 2.51. The van der Waals surface area contributed by atoms with Crippen molar-refractivity contribution in [2.24, 2.45) is 5.73 Å². The smallest absolute Gasteiger partial charge is 0.459 e. The average Bonchev–Trinajstić information content (AvgIpc) is 3.23. The van der Waals surface area contributed by atoms with Crippen molar-refractivity contribution in [3.8, 4) is 5.75 Å². The minimum atomic E-state index is -4.28. The predicted molar refractivity (Wildman–Crippen MR) is 135 cm³/mol. The quantitative estimate of drug-likeness (QED) is 0.159. The van der Waals surface area contributed by atoms with E-state index in [9.17, 15) is 23.7 Å². The van der Waals surface area contributed by atoms with Gasteiger partial charge in [-0.15, -0.1) is 0 Å². The lowest BCUT2D eigenvalue weighted by molar-refractivity contribution is -0.765. The molecule has 0 radical (unpaired) electrons. The molecule has 1 aliphatic heterocycles. The first-order chi connectivity index (χ1) is 18.9. The van der Waals surface area contributed by atoms with Gasteiger partial charge >= 0.3 is 31.9 Å². The van der Waals surface area contributed by atoms with Crippen LogP contribution in [0.3, 0.4) is 0 Å². The SMILES string of the molecule is COC(=O)[C@H](C)NP(=O)(OC[C@H]1O[C@@H]([n+]2cccc(C(N)=O)c2)[C@H](OC(C)=O)[C@@H]1OC(C)=O)Oc1ccccc1. The summed E-state index contributed by atoms with van der Waals surface area (Å²) in [4.78, 5) is 47.7. The van der Waals surface area contributed by atoms with Crippen LogP contribution in [-0.2, 0) is 42.4 Å². The number of primary amides is 1. The lowest BCUT2D eigenvalue weighted by Gasteiger charge is -2.25. The summed E-state index contributed by atoms with van der Waals surface area (Å²) in [5.41, 5.74) is 5.53. The fourth-order valence-corrected chi connectivity index (χ4v) is 5.38. The van der Waals surface area contributed by atoms with E-state index in [1.165, 1.54) is 55.3 Å². The molecule has 15 heteroatoms. The van der Waals surface area contributed by atoms with Gasteiger partial charge in [0.1, 0.15) is 23.5 Å². The van der Waals surface area contributed by atoms with Crippen molar-refractivity contribution < 1.29 is 56.3 Å². The van der Waals surface area contributed by atoms with E-state index in [2.05, 4.69) is 9.82 Å². The van der Waals surface area contributed by atoms with Crippen LogP contribution in [0, 0.1) is 0 Å². The number of nitrogens with two attached hydrogens (primary N) is 1. The number of ether oxygens (including phenoxy) is 4. The number of carbonyl (C=O) groups excluding carboxylic acids is 4. The monoisotopic (exact) mass is 580 g/mol. The van der Waals surface area contributed by atoms with E-state index in [-0.39, 0.29) is 11.3 Å². The molecule has 2 aromatic rings. The van der Waals surface area contributed by atoms with Crippen molar-refractivity contribution >= 4 is 31.6 Å². The summed E-state index contributed by atoms with van der Waals surface area (Å²) in [7, 11) is -3.12. The molecule has 14 nitrogen and oxygen atoms in total. The maximum Gasteiger partial charge on any atom is 0.459 e. The molecule has 1 fully saturated rings. The number of nitrogens with one attached hydrogen (secondary N) is 1. The molecule has 0 saturated carbocycles. The van der Waals surface area contributed by atoms with Gasteiger partial charge in [-0.1, -0.05) is 18.2 Å². The molecule has 1 aliphatic rings. The number of hydrogen-bond donors (Lipinski definition) is 2. The number of methoxy groups -OCH3 is 1. The zero-order chi connectivity index (χ0) is 29.4. The zero-order valence-electron chi connectivity index (χ0n) is 22.3. The van der Waals surface area contributed by atoms with Gasteiger partial charge in [-0.3, -0.25) is 23.7 Å². The Morgan fingerprint density at radius 3 is 2.30 bits per heavy atom. The van der Waals surface area contributed by atoms with Crippen LogP contribution in [-0.4, -0.2) is 61.9 Å². The molecule has 0 spiro atoms. The van der Waals surface area contributed by atoms with E-state index in [1.54, 1.807) is 18.2 Å². The highest BCUT2D eigenvalue weighted by Gasteiger charge is 2.55. The van der Waals surface area contributed by atoms with Crippen LogP contribution in [0.15, 0.2) is 54.9 Å². The zero-order valence-corrected chi connectivity index (χ0v) is 23.1. The van der Waals surface area contributed by atoms with E-state index in [1.807, 2.05) is 0 Å². The molecule has 3 N–H and O–H groups in total. The van der Waals surface area contributed by atoms with Crippen LogP contribution in [0.4, 0.5) is 0 Å². The number of amides is 1. The lowest BCUT2D eigenvalue weighted by atomic mass is 10.1. The number of esters is 3. The van der Waals surface area contributed by atoms with Gasteiger partial charge in [-0.2, -0.15) is 9.65 Å². The molecule has 0 bridgehead atoms. The third kappa shape index (κ3) is 8.09. The number of pyridine rings is 1. The highest BCUT2D eigenvalue weighted by Crippen LogP contribution is 2.46. The normalized spacial score (nSPS) is 22.4. The second kappa shape index (κ2) is 13.5. The Bertz CT molecular complexity index is 1280. The van der Waals surface area contributed by atoms with Gasteiger partial charge in [0, 0.05) is 19.9 Å². The summed E-state index contributed by atoms with van der Waals surface area (Å²) >= 11 is 0. The summed E-state index contributed by atoms with van der Waals surface area (Å²) < 4.78 is 48.1. The Hall–Kier alpha value is -3.84. The molecule has 1 aromatic heterocycles. The van der Waals surface area contributed by atoms with E-state index < -0.39 is 68.8 Å². The molecule has 1 unspecified atom stereocenters. The summed E-state index contributed by atoms with van der Waals surface area (Å²) in [6.07, 6.45) is -1.76. The number of rotatable bonds is 12. The third-order valence-electron chi connectivity index (χ3n) is 5.57. The van der Waals surface area contributed by atoms with Gasteiger partial charge in [0.25, 0.3) is 5.91 Å². The Balaban J connectivity index is 1.93. The summed E-state index contributed by atoms with van der Waals surface area (Å²) in [6.45, 7) is 3.21. The number of nitrogens with zero attached hydrogens (tertiary/aromatic N) is 1. The second-order valence-electron chi connectivity index (χ2n) is 8.69. The van der Waals surface area contributed by atoms with Crippen molar-refractivity contribution in [2.75, 3.05) is 13.7 Å². The number of hydrogen-bond acceptors (Lipinski definition) is 11. The molecule has 1 saturated heterocycles. The topological polar surface area (TPSA) is 183 Å². The van der Waals surface area contributed by atoms with Gasteiger partial charge in [0.15, 0.2) is 18.5 Å². The van der Waals surface area contributed by atoms with Crippen LogP contribution < -0.4 is 19.9 Å². The fraction of sp³-hybridized carbons (Fsp3) is 0.400. The Morgan fingerprint density at radius 1 is 1.05 bits per heavy atom. The van der Waals surface area contributed by atoms with E-state index in [0.717, 1.165) is 13.8 Å². The maximum atomic E-state index is 13.8. The molecule has 1 amide bonds. The van der Waals surface area contributed by atoms with Crippen LogP contribution in [0.1, 0.15) is 37.4 Å². The number of para-hydroxylation sites is 1. The van der Waals surface area contributed by atoms with Crippen LogP contribution in [0.5, 0.6) is 5.75 Å². The van der Waals surface area contributed by atoms with Gasteiger partial charge in [-0.05, 0) is 25.1 Å². The Kier molecular flexibility index (Phi) is 10.3. The third-order valence-corrected chi connectivity index (χ3v) is 7.22. The van der Waals surface area contributed by atoms with Crippen LogP contribution in [0.25, 0.3) is 0 Å². The minimum Gasteiger partial charge on any atom is -0.468 e. The minimum absolute atomic E-state index is 0.137. The van der Waals surface area contributed by atoms with E-state index in [0.29, 0.717) is 0 Å². The first kappa shape index (κ1) is 30.7. The molecule has 40 heavy (non-hydrogen) atoms. The largest absolute Gasteiger partial charge is 0.468 e. The Morgan fingerprint density at radius 2 is 1.70 bits per heavy atom. The summed E-state index contributed by atoms with van der Waals surface area (Å²) in [6, 6.07) is 9.98. The van der Waals surface area contributed by atoms with Gasteiger partial charge in [0.05, 0.1) is 13.7 Å². The predicted octanol–water partition coefficient (Wildman–Crippen LogP) is 1.19. The fourth-order valence-electron chi connectivity index (χ4n) is 3.88. The van der Waals surface area contributed by atoms with Gasteiger partial charge < -0.3 is 29.2 Å².